The van der Waals surface area contributed by atoms with Gasteiger partial charge in [0.15, 0.2) is 5.65 Å². The maximum Gasteiger partial charge on any atom is 0.239 e. The van der Waals surface area contributed by atoms with Gasteiger partial charge in [-0.1, -0.05) is 24.3 Å². The van der Waals surface area contributed by atoms with Gasteiger partial charge in [-0.25, -0.2) is 19.0 Å². The van der Waals surface area contributed by atoms with E-state index in [1.54, 1.807) is 17.7 Å². The fourth-order valence-corrected chi connectivity index (χ4v) is 4.81. The summed E-state index contributed by atoms with van der Waals surface area (Å²) in [5, 5.41) is 9.49. The lowest BCUT2D eigenvalue weighted by Gasteiger charge is -2.39. The van der Waals surface area contributed by atoms with E-state index in [-0.39, 0.29) is 17.8 Å². The molecule has 0 radical (unpaired) electrons. The fourth-order valence-electron chi connectivity index (χ4n) is 4.81. The molecule has 9 nitrogen and oxygen atoms in total. The minimum absolute atomic E-state index is 0.0398. The third kappa shape index (κ3) is 4.40. The summed E-state index contributed by atoms with van der Waals surface area (Å²) >= 11 is 0. The van der Waals surface area contributed by atoms with Crippen molar-refractivity contribution in [2.75, 3.05) is 31.6 Å². The molecule has 6 rings (SSSR count). The van der Waals surface area contributed by atoms with Gasteiger partial charge in [-0.3, -0.25) is 9.69 Å². The van der Waals surface area contributed by atoms with E-state index < -0.39 is 0 Å². The Morgan fingerprint density at radius 3 is 2.86 bits per heavy atom. The number of fused-ring (bicyclic) bond motifs is 2. The Bertz CT molecular complexity index is 1580. The van der Waals surface area contributed by atoms with Crippen molar-refractivity contribution in [3.8, 4) is 5.69 Å². The van der Waals surface area contributed by atoms with Crippen LogP contribution in [0, 0.1) is 12.7 Å². The zero-order valence-corrected chi connectivity index (χ0v) is 20.6. The van der Waals surface area contributed by atoms with Gasteiger partial charge < -0.3 is 15.2 Å². The Morgan fingerprint density at radius 2 is 2.03 bits per heavy atom. The van der Waals surface area contributed by atoms with Crippen molar-refractivity contribution >= 4 is 33.7 Å². The Hall–Kier alpha value is -4.31. The van der Waals surface area contributed by atoms with Crippen molar-refractivity contribution < 1.29 is 9.18 Å². The van der Waals surface area contributed by atoms with Gasteiger partial charge in [-0.15, -0.1) is 5.10 Å². The lowest BCUT2D eigenvalue weighted by Crippen LogP contribution is -2.57. The number of nitrogens with one attached hydrogen (secondary N) is 2. The minimum atomic E-state index is -0.343. The number of aromatic amines is 1. The van der Waals surface area contributed by atoms with E-state index in [1.165, 1.54) is 12.4 Å². The average molecular weight is 499 g/mol. The number of halogens is 1. The number of H-pyrrole nitrogens is 1. The number of aryl methyl sites for hydroxylation is 1. The normalized spacial score (nSPS) is 16.5. The molecule has 0 aliphatic carbocycles. The lowest BCUT2D eigenvalue weighted by atomic mass is 10.1. The van der Waals surface area contributed by atoms with Gasteiger partial charge in [0, 0.05) is 37.0 Å². The monoisotopic (exact) mass is 498 g/mol. The first kappa shape index (κ1) is 23.1. The van der Waals surface area contributed by atoms with E-state index in [2.05, 4.69) is 41.2 Å². The number of anilines is 1. The molecule has 1 aliphatic rings. The second-order valence-electron chi connectivity index (χ2n) is 9.48. The van der Waals surface area contributed by atoms with E-state index >= 15 is 0 Å². The van der Waals surface area contributed by atoms with Crippen LogP contribution in [0.4, 0.5) is 10.2 Å². The highest BCUT2D eigenvalue weighted by atomic mass is 19.1. The second kappa shape index (κ2) is 9.29. The van der Waals surface area contributed by atoms with Crippen LogP contribution >= 0.6 is 0 Å². The van der Waals surface area contributed by atoms with Crippen molar-refractivity contribution in [3.63, 3.8) is 0 Å². The van der Waals surface area contributed by atoms with E-state index in [9.17, 15) is 9.18 Å². The van der Waals surface area contributed by atoms with Crippen molar-refractivity contribution in [1.82, 2.24) is 34.9 Å². The summed E-state index contributed by atoms with van der Waals surface area (Å²) in [5.41, 5.74) is 3.72. The van der Waals surface area contributed by atoms with Crippen LogP contribution in [-0.2, 0) is 11.3 Å². The molecule has 1 saturated heterocycles. The largest absolute Gasteiger partial charge is 0.357 e. The van der Waals surface area contributed by atoms with E-state index in [0.717, 1.165) is 22.0 Å². The molecule has 0 saturated carbocycles. The SMILES string of the molecule is Cc1ccc(-n2cc3c(N4CCN(C)C(C(=O)NCc5cc6ccccc6[nH]5)C4)ncnc3n2)cc1F. The first-order valence-electron chi connectivity index (χ1n) is 12.2. The van der Waals surface area contributed by atoms with Crippen LogP contribution in [0.3, 0.4) is 0 Å². The number of carbonyl (C=O) groups excluding carboxylic acids is 1. The van der Waals surface area contributed by atoms with Gasteiger partial charge in [0.05, 0.1) is 17.6 Å². The maximum absolute atomic E-state index is 14.1. The van der Waals surface area contributed by atoms with Crippen LogP contribution in [0.2, 0.25) is 0 Å². The lowest BCUT2D eigenvalue weighted by molar-refractivity contribution is -0.126. The number of hydrogen-bond donors (Lipinski definition) is 2. The second-order valence-corrected chi connectivity index (χ2v) is 9.48. The van der Waals surface area contributed by atoms with Crippen LogP contribution < -0.4 is 10.2 Å². The van der Waals surface area contributed by atoms with Gasteiger partial charge >= 0.3 is 0 Å². The van der Waals surface area contributed by atoms with Gasteiger partial charge in [-0.2, -0.15) is 0 Å². The Labute approximate surface area is 212 Å². The quantitative estimate of drug-likeness (QED) is 0.387. The molecule has 4 heterocycles. The molecular formula is C27H27FN8O. The third-order valence-electron chi connectivity index (χ3n) is 7.00. The van der Waals surface area contributed by atoms with Gasteiger partial charge in [0.2, 0.25) is 5.91 Å². The number of aromatic nitrogens is 5. The summed E-state index contributed by atoms with van der Waals surface area (Å²) in [7, 11) is 1.96. The maximum atomic E-state index is 14.1. The molecule has 1 fully saturated rings. The number of nitrogens with zero attached hydrogens (tertiary/aromatic N) is 6. The molecule has 1 atom stereocenters. The number of carbonyl (C=O) groups is 1. The van der Waals surface area contributed by atoms with Crippen LogP contribution in [0.15, 0.2) is 61.1 Å². The zero-order chi connectivity index (χ0) is 25.5. The molecule has 2 aromatic carbocycles. The fraction of sp³-hybridized carbons (Fsp3) is 0.259. The number of hydrogen-bond acceptors (Lipinski definition) is 6. The Morgan fingerprint density at radius 1 is 1.16 bits per heavy atom. The van der Waals surface area contributed by atoms with Gasteiger partial charge in [0.1, 0.15) is 24.0 Å². The molecule has 1 aliphatic heterocycles. The van der Waals surface area contributed by atoms with Crippen molar-refractivity contribution in [3.05, 3.63) is 78.1 Å². The number of likely N-dealkylation sites (N-methyl/N-ethyl adjacent to an activating group) is 1. The molecule has 1 unspecified atom stereocenters. The highest BCUT2D eigenvalue weighted by Crippen LogP contribution is 2.26. The summed E-state index contributed by atoms with van der Waals surface area (Å²) in [4.78, 5) is 29.6. The molecule has 1 amide bonds. The summed E-state index contributed by atoms with van der Waals surface area (Å²) in [5.74, 6) is 0.385. The first-order valence-corrected chi connectivity index (χ1v) is 12.2. The van der Waals surface area contributed by atoms with Crippen LogP contribution in [0.25, 0.3) is 27.6 Å². The van der Waals surface area contributed by atoms with Gasteiger partial charge in [0.25, 0.3) is 0 Å². The Kier molecular flexibility index (Phi) is 5.80. The summed E-state index contributed by atoms with van der Waals surface area (Å²) in [6, 6.07) is 14.8. The number of rotatable bonds is 5. The van der Waals surface area contributed by atoms with E-state index in [4.69, 9.17) is 0 Å². The highest BCUT2D eigenvalue weighted by molar-refractivity contribution is 5.88. The van der Waals surface area contributed by atoms with E-state index in [0.29, 0.717) is 48.9 Å². The molecule has 5 aromatic rings. The standard InChI is InChI=1S/C27H27FN8O/c1-17-7-8-20(12-22(17)28)36-14-21-25(33-36)30-16-31-26(21)35-10-9-34(2)24(15-35)27(37)29-13-19-11-18-5-3-4-6-23(18)32-19/h3-8,11-12,14,16,24,32H,9-10,13,15H2,1-2H3,(H,29,37). The number of piperazine rings is 1. The summed E-state index contributed by atoms with van der Waals surface area (Å²) < 4.78 is 15.8. The van der Waals surface area contributed by atoms with Crippen molar-refractivity contribution in [1.29, 1.82) is 0 Å². The molecule has 3 aromatic heterocycles. The van der Waals surface area contributed by atoms with Crippen LogP contribution in [0.1, 0.15) is 11.3 Å². The highest BCUT2D eigenvalue weighted by Gasteiger charge is 2.31. The van der Waals surface area contributed by atoms with Crippen molar-refractivity contribution in [2.24, 2.45) is 0 Å². The molecule has 188 valence electrons. The predicted octanol–water partition coefficient (Wildman–Crippen LogP) is 3.18. The summed E-state index contributed by atoms with van der Waals surface area (Å²) in [6.45, 7) is 4.04. The van der Waals surface area contributed by atoms with Crippen LogP contribution in [-0.4, -0.2) is 68.3 Å². The smallest absolute Gasteiger partial charge is 0.239 e. The molecule has 2 N–H and O–H groups in total. The van der Waals surface area contributed by atoms with Crippen LogP contribution in [0.5, 0.6) is 0 Å². The Balaban J connectivity index is 1.21. The third-order valence-corrected chi connectivity index (χ3v) is 7.00. The predicted molar refractivity (Wildman–Crippen MR) is 140 cm³/mol. The topological polar surface area (TPSA) is 95.0 Å². The molecular weight excluding hydrogens is 471 g/mol. The summed E-state index contributed by atoms with van der Waals surface area (Å²) in [6.07, 6.45) is 3.30. The number of para-hydroxylation sites is 1. The van der Waals surface area contributed by atoms with Crippen molar-refractivity contribution in [2.45, 2.75) is 19.5 Å². The molecule has 0 bridgehead atoms. The van der Waals surface area contributed by atoms with Gasteiger partial charge in [-0.05, 0) is 49.2 Å². The number of benzene rings is 2. The minimum Gasteiger partial charge on any atom is -0.357 e. The average Bonchev–Trinajstić information content (AvgIpc) is 3.53. The molecule has 37 heavy (non-hydrogen) atoms. The van der Waals surface area contributed by atoms with E-state index in [1.807, 2.05) is 43.6 Å². The molecule has 10 heteroatoms. The molecule has 0 spiro atoms. The zero-order valence-electron chi connectivity index (χ0n) is 20.6. The first-order chi connectivity index (χ1) is 18.0. The number of amides is 1.